The van der Waals surface area contributed by atoms with E-state index in [1.54, 1.807) is 12.1 Å². The predicted molar refractivity (Wildman–Crippen MR) is 112 cm³/mol. The molecule has 30 heavy (non-hydrogen) atoms. The largest absolute Gasteiger partial charge is 0.756 e. The Morgan fingerprint density at radius 3 is 2.47 bits per heavy atom. The molecule has 0 heterocycles. The third-order valence-electron chi connectivity index (χ3n) is 4.14. The number of hydrogen-bond acceptors (Lipinski definition) is 8. The Labute approximate surface area is 180 Å². The summed E-state index contributed by atoms with van der Waals surface area (Å²) >= 11 is -2.32. The first-order valence-electron chi connectivity index (χ1n) is 9.76. The van der Waals surface area contributed by atoms with Gasteiger partial charge in [-0.3, -0.25) is 13.6 Å². The first kappa shape index (κ1) is 26.7. The number of anilines is 1. The molecule has 0 fully saturated rings. The maximum Gasteiger partial charge on any atom is 0.267 e. The van der Waals surface area contributed by atoms with Crippen molar-refractivity contribution >= 4 is 30.7 Å². The van der Waals surface area contributed by atoms with Crippen LogP contribution in [0.5, 0.6) is 0 Å². The van der Waals surface area contributed by atoms with Crippen LogP contribution in [0.1, 0.15) is 37.7 Å². The molecule has 0 aliphatic heterocycles. The smallest absolute Gasteiger partial charge is 0.267 e. The predicted octanol–water partition coefficient (Wildman–Crippen LogP) is 1.22. The van der Waals surface area contributed by atoms with Crippen molar-refractivity contribution in [3.63, 3.8) is 0 Å². The fourth-order valence-corrected chi connectivity index (χ4v) is 3.31. The molecule has 172 valence electrons. The van der Waals surface area contributed by atoms with Gasteiger partial charge >= 0.3 is 0 Å². The highest BCUT2D eigenvalue weighted by atomic mass is 32.2. The second-order valence-corrected chi connectivity index (χ2v) is 8.70. The van der Waals surface area contributed by atoms with Gasteiger partial charge in [0.1, 0.15) is 0 Å². The highest BCUT2D eigenvalue weighted by molar-refractivity contribution is 7.80. The quantitative estimate of drug-likeness (QED) is 0.177. The van der Waals surface area contributed by atoms with E-state index in [1.165, 1.54) is 0 Å². The number of carbonyl (C=O) groups excluding carboxylic acids is 1. The van der Waals surface area contributed by atoms with Gasteiger partial charge in [-0.2, -0.15) is 0 Å². The van der Waals surface area contributed by atoms with Crippen molar-refractivity contribution in [3.8, 4) is 0 Å². The monoisotopic (exact) mass is 463 g/mol. The van der Waals surface area contributed by atoms with Crippen LogP contribution in [0.3, 0.4) is 0 Å². The van der Waals surface area contributed by atoms with Gasteiger partial charge in [-0.25, -0.2) is 0 Å². The average molecular weight is 463 g/mol. The summed E-state index contributed by atoms with van der Waals surface area (Å²) in [5, 5.41) is 6.06. The van der Waals surface area contributed by atoms with E-state index >= 15 is 0 Å². The van der Waals surface area contributed by atoms with E-state index in [9.17, 15) is 23.0 Å². The van der Waals surface area contributed by atoms with Crippen LogP contribution in [0.2, 0.25) is 0 Å². The third kappa shape index (κ3) is 13.8. The minimum Gasteiger partial charge on any atom is -0.756 e. The number of amides is 1. The number of hydrogen-bond donors (Lipinski definition) is 3. The molecule has 1 aromatic rings. The first-order valence-corrected chi connectivity index (χ1v) is 12.3. The van der Waals surface area contributed by atoms with Crippen LogP contribution in [0.4, 0.5) is 5.69 Å². The van der Waals surface area contributed by atoms with Gasteiger partial charge in [0, 0.05) is 43.6 Å². The molecule has 0 bridgehead atoms. The molecular weight excluding hydrogens is 433 g/mol. The number of rotatable bonds is 17. The molecule has 1 rings (SSSR count). The van der Waals surface area contributed by atoms with Crippen LogP contribution in [0, 0.1) is 0 Å². The molecule has 0 radical (unpaired) electrons. The normalized spacial score (nSPS) is 14.1. The van der Waals surface area contributed by atoms with Crippen LogP contribution in [-0.2, 0) is 36.1 Å². The third-order valence-corrected chi connectivity index (χ3v) is 5.49. The number of phosphoric acid groups is 1. The number of benzene rings is 1. The van der Waals surface area contributed by atoms with Gasteiger partial charge in [0.2, 0.25) is 5.91 Å². The van der Waals surface area contributed by atoms with Crippen molar-refractivity contribution in [1.82, 2.24) is 10.6 Å². The molecule has 0 aliphatic rings. The maximum absolute atomic E-state index is 11.8. The van der Waals surface area contributed by atoms with E-state index < -0.39 is 19.1 Å². The SMILES string of the molecule is COP(=O)([O-])OCCCCCCNC(=O)CCNCCc1ccc(NS(=O)[O-])cc1. The minimum absolute atomic E-state index is 0.0146. The summed E-state index contributed by atoms with van der Waals surface area (Å²) < 4.78 is 43.2. The van der Waals surface area contributed by atoms with E-state index in [0.29, 0.717) is 31.6 Å². The standard InChI is InChI=1S/C18H32N3O7PS/c1-27-29(23,24)28-15-5-3-2-4-12-20-18(22)11-14-19-13-10-16-6-8-17(9-7-16)21-30(25)26/h6-9,19,21H,2-5,10-15H2,1H3,(H,20,22)(H,23,24)(H,25,26)/p-2. The van der Waals surface area contributed by atoms with Gasteiger partial charge in [-0.15, -0.1) is 0 Å². The summed E-state index contributed by atoms with van der Waals surface area (Å²) in [7, 11) is -3.06. The number of nitrogens with one attached hydrogen (secondary N) is 3. The fraction of sp³-hybridized carbons (Fsp3) is 0.611. The summed E-state index contributed by atoms with van der Waals surface area (Å²) in [4.78, 5) is 22.7. The van der Waals surface area contributed by atoms with Gasteiger partial charge in [0.15, 0.2) is 0 Å². The summed E-state index contributed by atoms with van der Waals surface area (Å²) in [5.41, 5.74) is 1.59. The number of unbranched alkanes of at least 4 members (excludes halogenated alkanes) is 3. The molecule has 0 aliphatic carbocycles. The molecule has 1 amide bonds. The second-order valence-electron chi connectivity index (χ2n) is 6.51. The van der Waals surface area contributed by atoms with Gasteiger partial charge in [-0.05, 0) is 43.5 Å². The highest BCUT2D eigenvalue weighted by Crippen LogP contribution is 2.36. The summed E-state index contributed by atoms with van der Waals surface area (Å²) in [5.74, 6) is -0.0146. The average Bonchev–Trinajstić information content (AvgIpc) is 2.70. The van der Waals surface area contributed by atoms with Crippen LogP contribution in [0.15, 0.2) is 24.3 Å². The Morgan fingerprint density at radius 2 is 1.80 bits per heavy atom. The van der Waals surface area contributed by atoms with Crippen molar-refractivity contribution in [2.75, 3.05) is 38.1 Å². The fourth-order valence-electron chi connectivity index (χ4n) is 2.52. The summed E-state index contributed by atoms with van der Waals surface area (Å²) in [6.07, 6.45) is 4.29. The van der Waals surface area contributed by atoms with Crippen molar-refractivity contribution in [3.05, 3.63) is 29.8 Å². The lowest BCUT2D eigenvalue weighted by molar-refractivity contribution is -0.223. The topological polar surface area (TPSA) is 152 Å². The van der Waals surface area contributed by atoms with E-state index in [1.807, 2.05) is 12.1 Å². The van der Waals surface area contributed by atoms with Crippen LogP contribution in [0.25, 0.3) is 0 Å². The van der Waals surface area contributed by atoms with Gasteiger partial charge in [-0.1, -0.05) is 25.0 Å². The summed E-state index contributed by atoms with van der Waals surface area (Å²) in [6.45, 7) is 1.99. The highest BCUT2D eigenvalue weighted by Gasteiger charge is 2.05. The molecule has 0 aromatic heterocycles. The van der Waals surface area contributed by atoms with E-state index in [2.05, 4.69) is 24.4 Å². The van der Waals surface area contributed by atoms with Crippen molar-refractivity contribution in [1.29, 1.82) is 0 Å². The van der Waals surface area contributed by atoms with Crippen molar-refractivity contribution in [2.45, 2.75) is 38.5 Å². The molecule has 10 nitrogen and oxygen atoms in total. The Bertz CT molecular complexity index is 691. The molecule has 0 spiro atoms. The molecule has 12 heteroatoms. The lowest BCUT2D eigenvalue weighted by Gasteiger charge is -2.19. The van der Waals surface area contributed by atoms with E-state index in [-0.39, 0.29) is 12.5 Å². The Morgan fingerprint density at radius 1 is 1.10 bits per heavy atom. The van der Waals surface area contributed by atoms with Gasteiger partial charge in [0.05, 0.1) is 6.61 Å². The zero-order valence-corrected chi connectivity index (χ0v) is 18.8. The Kier molecular flexibility index (Phi) is 13.8. The first-order chi connectivity index (χ1) is 14.3. The van der Waals surface area contributed by atoms with Gasteiger partial charge in [0.25, 0.3) is 7.82 Å². The van der Waals surface area contributed by atoms with Crippen molar-refractivity contribution < 1.29 is 32.1 Å². The lowest BCUT2D eigenvalue weighted by atomic mass is 10.1. The Balaban J connectivity index is 1.96. The lowest BCUT2D eigenvalue weighted by Crippen LogP contribution is -2.29. The van der Waals surface area contributed by atoms with Crippen LogP contribution >= 0.6 is 7.82 Å². The van der Waals surface area contributed by atoms with Crippen molar-refractivity contribution in [2.24, 2.45) is 0 Å². The van der Waals surface area contributed by atoms with E-state index in [4.69, 9.17) is 0 Å². The Hall–Kier alpha value is -1.33. The molecule has 1 aromatic carbocycles. The molecule has 0 saturated heterocycles. The van der Waals surface area contributed by atoms with Gasteiger partial charge < -0.3 is 33.8 Å². The molecule has 2 atom stereocenters. The molecule has 0 saturated carbocycles. The molecule has 2 unspecified atom stereocenters. The number of phosphoric ester groups is 1. The zero-order chi connectivity index (χ0) is 22.2. The number of carbonyl (C=O) groups is 1. The maximum atomic E-state index is 11.8. The minimum atomic E-state index is -4.12. The zero-order valence-electron chi connectivity index (χ0n) is 17.1. The molecular formula is C18H30N3O7PS-2. The molecule has 3 N–H and O–H groups in total. The van der Waals surface area contributed by atoms with Crippen LogP contribution < -0.4 is 20.2 Å². The second kappa shape index (κ2) is 15.5. The van der Waals surface area contributed by atoms with E-state index in [0.717, 1.165) is 44.9 Å². The summed E-state index contributed by atoms with van der Waals surface area (Å²) in [6, 6.07) is 7.11. The van der Waals surface area contributed by atoms with Crippen LogP contribution in [-0.4, -0.2) is 48.0 Å².